The molecule has 1 aromatic carbocycles. The van der Waals surface area contributed by atoms with Crippen LogP contribution in [0.2, 0.25) is 0 Å². The molecule has 104 valence electrons. The van der Waals surface area contributed by atoms with Crippen LogP contribution in [0.5, 0.6) is 0 Å². The lowest BCUT2D eigenvalue weighted by atomic mass is 9.85. The van der Waals surface area contributed by atoms with E-state index < -0.39 is 0 Å². The van der Waals surface area contributed by atoms with E-state index >= 15 is 0 Å². The summed E-state index contributed by atoms with van der Waals surface area (Å²) in [6.07, 6.45) is 4.84. The first-order valence-corrected chi connectivity index (χ1v) is 7.64. The summed E-state index contributed by atoms with van der Waals surface area (Å²) in [5.74, 6) is 0. The molecule has 2 atom stereocenters. The zero-order valence-corrected chi connectivity index (χ0v) is 11.6. The fraction of sp³-hybridized carbons (Fsp3) is 0.625. The predicted molar refractivity (Wildman–Crippen MR) is 79.2 cm³/mol. The van der Waals surface area contributed by atoms with Crippen molar-refractivity contribution in [2.24, 2.45) is 5.73 Å². The summed E-state index contributed by atoms with van der Waals surface area (Å²) in [5, 5.41) is 3.68. The van der Waals surface area contributed by atoms with Gasteiger partial charge in [-0.3, -0.25) is 4.90 Å². The van der Waals surface area contributed by atoms with Gasteiger partial charge in [0.05, 0.1) is 0 Å². The monoisotopic (exact) mass is 259 g/mol. The van der Waals surface area contributed by atoms with Crippen molar-refractivity contribution >= 4 is 0 Å². The molecule has 0 amide bonds. The lowest BCUT2D eigenvalue weighted by Crippen LogP contribution is -2.47. The van der Waals surface area contributed by atoms with Gasteiger partial charge in [-0.25, -0.2) is 0 Å². The number of fused-ring (bicyclic) bond motifs is 3. The van der Waals surface area contributed by atoms with Gasteiger partial charge in [-0.05, 0) is 49.9 Å². The number of hydrogen-bond donors (Lipinski definition) is 2. The van der Waals surface area contributed by atoms with Crippen LogP contribution in [0.4, 0.5) is 0 Å². The molecule has 3 N–H and O–H groups in total. The van der Waals surface area contributed by atoms with Gasteiger partial charge in [-0.15, -0.1) is 0 Å². The molecule has 0 aromatic heterocycles. The topological polar surface area (TPSA) is 41.3 Å². The van der Waals surface area contributed by atoms with Crippen molar-refractivity contribution in [1.29, 1.82) is 0 Å². The van der Waals surface area contributed by atoms with Crippen molar-refractivity contribution in [2.45, 2.75) is 37.8 Å². The highest BCUT2D eigenvalue weighted by Gasteiger charge is 2.32. The number of benzene rings is 1. The van der Waals surface area contributed by atoms with Crippen molar-refractivity contribution < 1.29 is 0 Å². The fourth-order valence-corrected chi connectivity index (χ4v) is 3.55. The maximum atomic E-state index is 5.57. The smallest absolute Gasteiger partial charge is 0.0365 e. The van der Waals surface area contributed by atoms with Gasteiger partial charge in [0.2, 0.25) is 0 Å². The molecular weight excluding hydrogens is 234 g/mol. The molecule has 2 aliphatic rings. The largest absolute Gasteiger partial charge is 0.330 e. The maximum absolute atomic E-state index is 5.57. The van der Waals surface area contributed by atoms with Gasteiger partial charge >= 0.3 is 0 Å². The summed E-state index contributed by atoms with van der Waals surface area (Å²) >= 11 is 0. The molecule has 0 unspecified atom stereocenters. The van der Waals surface area contributed by atoms with Crippen molar-refractivity contribution in [3.63, 3.8) is 0 Å². The van der Waals surface area contributed by atoms with E-state index in [9.17, 15) is 0 Å². The summed E-state index contributed by atoms with van der Waals surface area (Å²) in [4.78, 5) is 2.67. The lowest BCUT2D eigenvalue weighted by Gasteiger charge is -2.43. The van der Waals surface area contributed by atoms with Crippen LogP contribution in [-0.4, -0.2) is 37.1 Å². The number of nitrogens with one attached hydrogen (secondary N) is 1. The fourth-order valence-electron chi connectivity index (χ4n) is 3.55. The molecule has 3 nitrogen and oxygen atoms in total. The van der Waals surface area contributed by atoms with E-state index in [0.29, 0.717) is 12.1 Å². The Hall–Kier alpha value is -0.900. The quantitative estimate of drug-likeness (QED) is 0.809. The van der Waals surface area contributed by atoms with Gasteiger partial charge < -0.3 is 11.1 Å². The van der Waals surface area contributed by atoms with Crippen LogP contribution in [0.15, 0.2) is 24.3 Å². The van der Waals surface area contributed by atoms with Crippen molar-refractivity contribution in [2.75, 3.05) is 26.2 Å². The molecular formula is C16H25N3. The third-order valence-corrected chi connectivity index (χ3v) is 4.61. The van der Waals surface area contributed by atoms with Crippen LogP contribution in [0.25, 0.3) is 0 Å². The molecule has 3 rings (SSSR count). The second-order valence-corrected chi connectivity index (χ2v) is 5.82. The van der Waals surface area contributed by atoms with Crippen LogP contribution in [0.3, 0.4) is 0 Å². The standard InChI is InChI=1S/C16H25N3/c17-8-3-9-18-14-7-11-19-10-6-13-4-1-2-5-15(13)16(19)12-14/h1-2,4-5,14,16,18H,3,6-12,17H2/t14-,16+/m1/s1. The van der Waals surface area contributed by atoms with Crippen LogP contribution in [-0.2, 0) is 6.42 Å². The molecule has 0 saturated carbocycles. The second-order valence-electron chi connectivity index (χ2n) is 5.82. The van der Waals surface area contributed by atoms with Gasteiger partial charge in [0.15, 0.2) is 0 Å². The average molecular weight is 259 g/mol. The zero-order chi connectivity index (χ0) is 13.1. The van der Waals surface area contributed by atoms with E-state index in [4.69, 9.17) is 5.73 Å². The number of hydrogen-bond acceptors (Lipinski definition) is 3. The summed E-state index contributed by atoms with van der Waals surface area (Å²) in [7, 11) is 0. The van der Waals surface area contributed by atoms with Gasteiger partial charge in [-0.2, -0.15) is 0 Å². The average Bonchev–Trinajstić information content (AvgIpc) is 2.47. The minimum Gasteiger partial charge on any atom is -0.330 e. The third-order valence-electron chi connectivity index (χ3n) is 4.61. The normalized spacial score (nSPS) is 26.8. The molecule has 19 heavy (non-hydrogen) atoms. The minimum absolute atomic E-state index is 0.633. The Morgan fingerprint density at radius 2 is 2.16 bits per heavy atom. The molecule has 0 bridgehead atoms. The Morgan fingerprint density at radius 3 is 3.05 bits per heavy atom. The zero-order valence-electron chi connectivity index (χ0n) is 11.6. The minimum atomic E-state index is 0.633. The number of nitrogens with zero attached hydrogens (tertiary/aromatic N) is 1. The first-order valence-electron chi connectivity index (χ1n) is 7.64. The Morgan fingerprint density at radius 1 is 1.26 bits per heavy atom. The van der Waals surface area contributed by atoms with E-state index in [1.54, 1.807) is 11.1 Å². The van der Waals surface area contributed by atoms with Crippen LogP contribution in [0.1, 0.15) is 36.4 Å². The van der Waals surface area contributed by atoms with E-state index in [2.05, 4.69) is 34.5 Å². The second kappa shape index (κ2) is 6.04. The predicted octanol–water partition coefficient (Wildman–Crippen LogP) is 1.69. The number of nitrogens with two attached hydrogens (primary N) is 1. The van der Waals surface area contributed by atoms with Crippen LogP contribution < -0.4 is 11.1 Å². The van der Waals surface area contributed by atoms with Crippen LogP contribution in [0, 0.1) is 0 Å². The lowest BCUT2D eigenvalue weighted by molar-refractivity contribution is 0.116. The van der Waals surface area contributed by atoms with E-state index in [1.165, 1.54) is 32.4 Å². The maximum Gasteiger partial charge on any atom is 0.0365 e. The van der Waals surface area contributed by atoms with Crippen molar-refractivity contribution in [3.05, 3.63) is 35.4 Å². The summed E-state index contributed by atoms with van der Waals surface area (Å²) in [6, 6.07) is 10.3. The van der Waals surface area contributed by atoms with E-state index in [1.807, 2.05) is 0 Å². The molecule has 0 radical (unpaired) electrons. The van der Waals surface area contributed by atoms with E-state index in [-0.39, 0.29) is 0 Å². The van der Waals surface area contributed by atoms with Gasteiger partial charge in [0.1, 0.15) is 0 Å². The Kier molecular flexibility index (Phi) is 4.16. The third kappa shape index (κ3) is 2.83. The highest BCUT2D eigenvalue weighted by Crippen LogP contribution is 2.36. The van der Waals surface area contributed by atoms with Gasteiger partial charge in [-0.1, -0.05) is 24.3 Å². The Bertz CT molecular complexity index is 418. The number of rotatable bonds is 4. The summed E-state index contributed by atoms with van der Waals surface area (Å²) < 4.78 is 0. The van der Waals surface area contributed by atoms with Crippen molar-refractivity contribution in [3.8, 4) is 0 Å². The Labute approximate surface area is 116 Å². The first kappa shape index (κ1) is 13.1. The molecule has 0 spiro atoms. The molecule has 0 aliphatic carbocycles. The Balaban J connectivity index is 1.68. The number of piperidine rings is 1. The molecule has 1 saturated heterocycles. The highest BCUT2D eigenvalue weighted by atomic mass is 15.2. The molecule has 1 aromatic rings. The SMILES string of the molecule is NCCCN[C@@H]1CCN2CCc3ccccc3[C@@H]2C1. The molecule has 2 aliphatic heterocycles. The van der Waals surface area contributed by atoms with Crippen LogP contribution >= 0.6 is 0 Å². The molecule has 3 heteroatoms. The highest BCUT2D eigenvalue weighted by molar-refractivity contribution is 5.33. The van der Waals surface area contributed by atoms with Gasteiger partial charge in [0, 0.05) is 25.2 Å². The van der Waals surface area contributed by atoms with E-state index in [0.717, 1.165) is 19.5 Å². The summed E-state index contributed by atoms with van der Waals surface area (Å²) in [5.41, 5.74) is 8.70. The molecule has 1 fully saturated rings. The summed E-state index contributed by atoms with van der Waals surface area (Å²) in [6.45, 7) is 4.32. The first-order chi connectivity index (χ1) is 9.38. The molecule has 2 heterocycles. The van der Waals surface area contributed by atoms with Gasteiger partial charge in [0.25, 0.3) is 0 Å². The van der Waals surface area contributed by atoms with Crippen molar-refractivity contribution in [1.82, 2.24) is 10.2 Å².